The second-order valence-corrected chi connectivity index (χ2v) is 14.7. The van der Waals surface area contributed by atoms with Gasteiger partial charge < -0.3 is 4.57 Å². The zero-order valence-electron chi connectivity index (χ0n) is 31.9. The fourth-order valence-corrected chi connectivity index (χ4v) is 8.33. The van der Waals surface area contributed by atoms with Gasteiger partial charge in [-0.05, 0) is 73.5 Å². The molecule has 7 heteroatoms. The first-order valence-electron chi connectivity index (χ1n) is 19.4. The maximum atomic E-state index is 5.01. The summed E-state index contributed by atoms with van der Waals surface area (Å²) in [7, 11) is 0. The molecule has 4 heterocycles. The van der Waals surface area contributed by atoms with Crippen LogP contribution in [0.5, 0.6) is 0 Å². The van der Waals surface area contributed by atoms with Gasteiger partial charge in [0.25, 0.3) is 0 Å². The highest BCUT2D eigenvalue weighted by molar-refractivity contribution is 6.12. The van der Waals surface area contributed by atoms with Crippen molar-refractivity contribution in [2.45, 2.75) is 13.8 Å². The molecule has 0 spiro atoms. The normalized spacial score (nSPS) is 11.6. The van der Waals surface area contributed by atoms with Gasteiger partial charge in [0.05, 0.1) is 22.1 Å². The predicted octanol–water partition coefficient (Wildman–Crippen LogP) is 12.1. The van der Waals surface area contributed by atoms with E-state index >= 15 is 0 Å². The molecule has 0 radical (unpaired) electrons. The minimum Gasteiger partial charge on any atom is -0.309 e. The molecule has 0 N–H and O–H groups in total. The maximum Gasteiger partial charge on any atom is 0.235 e. The van der Waals surface area contributed by atoms with E-state index < -0.39 is 0 Å². The van der Waals surface area contributed by atoms with Crippen LogP contribution in [-0.4, -0.2) is 34.1 Å². The van der Waals surface area contributed by atoms with Crippen LogP contribution >= 0.6 is 0 Å². The molecule has 4 aromatic heterocycles. The third-order valence-electron chi connectivity index (χ3n) is 10.9. The summed E-state index contributed by atoms with van der Waals surface area (Å²) < 4.78 is 4.57. The Kier molecular flexibility index (Phi) is 7.79. The maximum absolute atomic E-state index is 5.01. The summed E-state index contributed by atoms with van der Waals surface area (Å²) in [5.74, 6) is 2.60. The van der Waals surface area contributed by atoms with E-state index in [1.165, 1.54) is 10.8 Å². The molecule has 0 bridgehead atoms. The molecule has 0 unspecified atom stereocenters. The van der Waals surface area contributed by atoms with Gasteiger partial charge in [-0.2, -0.15) is 0 Å². The Labute approximate surface area is 334 Å². The van der Waals surface area contributed by atoms with Gasteiger partial charge in [-0.1, -0.05) is 127 Å². The van der Waals surface area contributed by atoms with Crippen LogP contribution in [0, 0.1) is 13.8 Å². The second kappa shape index (κ2) is 13.5. The Morgan fingerprint density at radius 2 is 0.810 bits per heavy atom. The first-order valence-corrected chi connectivity index (χ1v) is 19.4. The average molecular weight is 746 g/mol. The molecule has 11 aromatic rings. The number of hydrogen-bond donors (Lipinski definition) is 0. The first-order chi connectivity index (χ1) is 28.6. The summed E-state index contributed by atoms with van der Waals surface area (Å²) in [6.45, 7) is 4.04. The lowest BCUT2D eigenvalue weighted by atomic mass is 10.0. The van der Waals surface area contributed by atoms with Crippen molar-refractivity contribution in [3.63, 3.8) is 0 Å². The quantitative estimate of drug-likeness (QED) is 0.169. The fraction of sp³-hybridized carbons (Fsp3) is 0.0392. The van der Waals surface area contributed by atoms with E-state index in [4.69, 9.17) is 24.9 Å². The van der Waals surface area contributed by atoms with Crippen LogP contribution in [0.15, 0.2) is 176 Å². The minimum absolute atomic E-state index is 0.628. The molecule has 0 saturated carbocycles. The lowest BCUT2D eigenvalue weighted by molar-refractivity contribution is 0.940. The zero-order valence-corrected chi connectivity index (χ0v) is 31.9. The molecule has 11 rings (SSSR count). The van der Waals surface area contributed by atoms with E-state index in [0.29, 0.717) is 23.4 Å². The molecule has 0 aliphatic carbocycles. The monoisotopic (exact) mass is 745 g/mol. The number of benzene rings is 7. The molecular formula is C51H35N7. The Morgan fingerprint density at radius 1 is 0.310 bits per heavy atom. The molecule has 58 heavy (non-hydrogen) atoms. The van der Waals surface area contributed by atoms with Gasteiger partial charge in [-0.3, -0.25) is 4.57 Å². The molecular weight excluding hydrogens is 711 g/mol. The van der Waals surface area contributed by atoms with E-state index in [2.05, 4.69) is 118 Å². The number of nitrogens with zero attached hydrogens (tertiary/aromatic N) is 7. The summed E-state index contributed by atoms with van der Waals surface area (Å²) >= 11 is 0. The van der Waals surface area contributed by atoms with Crippen molar-refractivity contribution in [3.8, 4) is 56.9 Å². The standard InChI is InChI=1S/C51H35N7/c1-32-28-33(2)53-51(52-32)58-45-23-12-10-21-41(45)43-31-39(25-27-46(43)58)57-44-22-11-9-20-40(44)42-26-24-37(30-47(42)57)36-18-13-19-38(29-36)50-55-48(34-14-5-3-6-15-34)54-49(56-50)35-16-7-4-8-17-35/h3-31H,1-2H3. The van der Waals surface area contributed by atoms with Gasteiger partial charge in [0.1, 0.15) is 0 Å². The lowest BCUT2D eigenvalue weighted by Crippen LogP contribution is -2.03. The number of fused-ring (bicyclic) bond motifs is 6. The molecule has 0 saturated heterocycles. The van der Waals surface area contributed by atoms with Crippen molar-refractivity contribution in [1.82, 2.24) is 34.1 Å². The number of rotatable bonds is 6. The summed E-state index contributed by atoms with van der Waals surface area (Å²) in [6, 6.07) is 61.4. The molecule has 0 atom stereocenters. The third-order valence-corrected chi connectivity index (χ3v) is 10.9. The molecule has 0 fully saturated rings. The van der Waals surface area contributed by atoms with Crippen LogP contribution in [0.1, 0.15) is 11.4 Å². The highest BCUT2D eigenvalue weighted by atomic mass is 15.2. The smallest absolute Gasteiger partial charge is 0.235 e. The Morgan fingerprint density at radius 3 is 1.48 bits per heavy atom. The van der Waals surface area contributed by atoms with Crippen LogP contribution < -0.4 is 0 Å². The van der Waals surface area contributed by atoms with Crippen molar-refractivity contribution in [1.29, 1.82) is 0 Å². The topological polar surface area (TPSA) is 74.3 Å². The van der Waals surface area contributed by atoms with Crippen molar-refractivity contribution < 1.29 is 0 Å². The van der Waals surface area contributed by atoms with Crippen LogP contribution in [0.4, 0.5) is 0 Å². The molecule has 274 valence electrons. The summed E-state index contributed by atoms with van der Waals surface area (Å²) in [6.07, 6.45) is 0. The minimum atomic E-state index is 0.628. The Balaban J connectivity index is 1.07. The predicted molar refractivity (Wildman–Crippen MR) is 235 cm³/mol. The van der Waals surface area contributed by atoms with Crippen LogP contribution in [0.25, 0.3) is 101 Å². The highest BCUT2D eigenvalue weighted by Crippen LogP contribution is 2.38. The average Bonchev–Trinajstić information content (AvgIpc) is 3.79. The van der Waals surface area contributed by atoms with Gasteiger partial charge in [0.2, 0.25) is 5.95 Å². The van der Waals surface area contributed by atoms with E-state index in [0.717, 1.165) is 77.7 Å². The Bertz CT molecular complexity index is 3290. The van der Waals surface area contributed by atoms with Crippen LogP contribution in [-0.2, 0) is 0 Å². The number of para-hydroxylation sites is 2. The summed E-state index contributed by atoms with van der Waals surface area (Å²) in [5.41, 5.74) is 12.4. The number of hydrogen-bond acceptors (Lipinski definition) is 5. The molecule has 0 amide bonds. The van der Waals surface area contributed by atoms with Crippen molar-refractivity contribution in [2.75, 3.05) is 0 Å². The van der Waals surface area contributed by atoms with Crippen molar-refractivity contribution in [3.05, 3.63) is 187 Å². The van der Waals surface area contributed by atoms with Gasteiger partial charge >= 0.3 is 0 Å². The SMILES string of the molecule is Cc1cc(C)nc(-n2c3ccccc3c3cc(-n4c5ccccc5c5ccc(-c6cccc(-c7nc(-c8ccccc8)nc(-c8ccccc8)n7)c6)cc54)ccc32)n1. The largest absolute Gasteiger partial charge is 0.309 e. The Hall–Kier alpha value is -7.77. The van der Waals surface area contributed by atoms with Gasteiger partial charge in [0, 0.05) is 55.3 Å². The van der Waals surface area contributed by atoms with Crippen molar-refractivity contribution >= 4 is 43.6 Å². The first kappa shape index (κ1) is 33.6. The van der Waals surface area contributed by atoms with E-state index in [-0.39, 0.29) is 0 Å². The molecule has 7 nitrogen and oxygen atoms in total. The number of aryl methyl sites for hydroxylation is 2. The fourth-order valence-electron chi connectivity index (χ4n) is 8.33. The number of aromatic nitrogens is 7. The van der Waals surface area contributed by atoms with E-state index in [9.17, 15) is 0 Å². The molecule has 0 aliphatic heterocycles. The molecule has 7 aromatic carbocycles. The third kappa shape index (κ3) is 5.63. The zero-order chi connectivity index (χ0) is 38.7. The van der Waals surface area contributed by atoms with E-state index in [1.54, 1.807) is 0 Å². The second-order valence-electron chi connectivity index (χ2n) is 14.7. The lowest BCUT2D eigenvalue weighted by Gasteiger charge is -2.11. The van der Waals surface area contributed by atoms with E-state index in [1.807, 2.05) is 80.6 Å². The van der Waals surface area contributed by atoms with Gasteiger partial charge in [-0.25, -0.2) is 24.9 Å². The van der Waals surface area contributed by atoms with Crippen molar-refractivity contribution in [2.24, 2.45) is 0 Å². The molecule has 0 aliphatic rings. The van der Waals surface area contributed by atoms with Crippen LogP contribution in [0.3, 0.4) is 0 Å². The summed E-state index contributed by atoms with van der Waals surface area (Å²) in [4.78, 5) is 24.6. The van der Waals surface area contributed by atoms with Crippen LogP contribution in [0.2, 0.25) is 0 Å². The highest BCUT2D eigenvalue weighted by Gasteiger charge is 2.19. The summed E-state index contributed by atoms with van der Waals surface area (Å²) in [5, 5.41) is 4.70. The van der Waals surface area contributed by atoms with Gasteiger partial charge in [0.15, 0.2) is 17.5 Å². The van der Waals surface area contributed by atoms with Gasteiger partial charge in [-0.15, -0.1) is 0 Å².